The van der Waals surface area contributed by atoms with Crippen molar-refractivity contribution >= 4 is 5.97 Å². The first-order chi connectivity index (χ1) is 9.02. The van der Waals surface area contributed by atoms with Gasteiger partial charge in [-0.25, -0.2) is 0 Å². The third-order valence-electron chi connectivity index (χ3n) is 2.95. The maximum absolute atomic E-state index is 10.9. The molecule has 2 N–H and O–H groups in total. The molecule has 5 nitrogen and oxygen atoms in total. The largest absolute Gasteiger partial charge is 0.496 e. The molecule has 0 aliphatic carbocycles. The number of aromatic amines is 1. The number of aryl methyl sites for hydroxylation is 2. The number of benzene rings is 1. The monoisotopic (exact) mass is 260 g/mol. The average Bonchev–Trinajstić information content (AvgIpc) is 2.75. The summed E-state index contributed by atoms with van der Waals surface area (Å²) < 4.78 is 5.42. The molecule has 2 rings (SSSR count). The summed E-state index contributed by atoms with van der Waals surface area (Å²) in [5.41, 5.74) is 4.29. The van der Waals surface area contributed by atoms with Crippen molar-refractivity contribution in [1.29, 1.82) is 0 Å². The van der Waals surface area contributed by atoms with E-state index in [0.717, 1.165) is 22.4 Å². The second-order valence-corrected chi connectivity index (χ2v) is 4.50. The van der Waals surface area contributed by atoms with Crippen LogP contribution in [0, 0.1) is 13.8 Å². The highest BCUT2D eigenvalue weighted by molar-refractivity contribution is 5.78. The maximum atomic E-state index is 10.9. The number of carboxylic acid groups (broad SMARTS) is 1. The summed E-state index contributed by atoms with van der Waals surface area (Å²) >= 11 is 0. The third kappa shape index (κ3) is 2.59. The Morgan fingerprint density at radius 2 is 2.16 bits per heavy atom. The maximum Gasteiger partial charge on any atom is 0.307 e. The molecule has 0 fully saturated rings. The normalized spacial score (nSPS) is 10.5. The van der Waals surface area contributed by atoms with E-state index < -0.39 is 5.97 Å². The number of rotatable bonds is 4. The quantitative estimate of drug-likeness (QED) is 0.884. The number of nitrogens with zero attached hydrogens (tertiary/aromatic N) is 1. The van der Waals surface area contributed by atoms with Crippen molar-refractivity contribution in [2.75, 3.05) is 7.11 Å². The minimum absolute atomic E-state index is 0.0675. The molecule has 100 valence electrons. The average molecular weight is 260 g/mol. The van der Waals surface area contributed by atoms with Gasteiger partial charge in [0, 0.05) is 11.1 Å². The predicted octanol–water partition coefficient (Wildman–Crippen LogP) is 2.33. The second-order valence-electron chi connectivity index (χ2n) is 4.50. The van der Waals surface area contributed by atoms with Crippen molar-refractivity contribution in [3.63, 3.8) is 0 Å². The first-order valence-electron chi connectivity index (χ1n) is 5.92. The number of nitrogens with one attached hydrogen (secondary N) is 1. The highest BCUT2D eigenvalue weighted by Crippen LogP contribution is 2.34. The number of carboxylic acids is 1. The van der Waals surface area contributed by atoms with Crippen LogP contribution < -0.4 is 4.74 Å². The van der Waals surface area contributed by atoms with Gasteiger partial charge >= 0.3 is 5.97 Å². The summed E-state index contributed by atoms with van der Waals surface area (Å²) in [4.78, 5) is 10.9. The molecule has 0 amide bonds. The summed E-state index contributed by atoms with van der Waals surface area (Å²) in [6.07, 6.45) is 1.47. The summed E-state index contributed by atoms with van der Waals surface area (Å²) in [7, 11) is 1.61. The molecule has 0 atom stereocenters. The number of hydrogen-bond acceptors (Lipinski definition) is 3. The van der Waals surface area contributed by atoms with E-state index in [0.29, 0.717) is 11.3 Å². The summed E-state index contributed by atoms with van der Waals surface area (Å²) in [5, 5.41) is 15.7. The third-order valence-corrected chi connectivity index (χ3v) is 2.95. The van der Waals surface area contributed by atoms with Crippen molar-refractivity contribution in [2.24, 2.45) is 0 Å². The van der Waals surface area contributed by atoms with Gasteiger partial charge in [0.15, 0.2) is 0 Å². The van der Waals surface area contributed by atoms with Crippen LogP contribution in [0.3, 0.4) is 0 Å². The van der Waals surface area contributed by atoms with Crippen molar-refractivity contribution in [1.82, 2.24) is 10.2 Å². The number of methoxy groups -OCH3 is 1. The van der Waals surface area contributed by atoms with Crippen molar-refractivity contribution in [3.8, 4) is 17.0 Å². The predicted molar refractivity (Wildman–Crippen MR) is 71.4 cm³/mol. The molecule has 0 bridgehead atoms. The number of hydrogen-bond donors (Lipinski definition) is 2. The molecule has 1 heterocycles. The Balaban J connectivity index is 2.58. The molecule has 19 heavy (non-hydrogen) atoms. The molecule has 1 aromatic carbocycles. The molecular weight excluding hydrogens is 244 g/mol. The fourth-order valence-corrected chi connectivity index (χ4v) is 2.25. The SMILES string of the molecule is COc1c(C)cc(C)cc1-c1[nH]ncc1CC(=O)O. The van der Waals surface area contributed by atoms with Crippen LogP contribution in [0.15, 0.2) is 18.3 Å². The van der Waals surface area contributed by atoms with Gasteiger partial charge in [-0.05, 0) is 31.0 Å². The summed E-state index contributed by atoms with van der Waals surface area (Å²) in [5.74, 6) is -0.146. The van der Waals surface area contributed by atoms with Crippen LogP contribution in [0.4, 0.5) is 0 Å². The van der Waals surface area contributed by atoms with Crippen LogP contribution in [0.2, 0.25) is 0 Å². The number of carbonyl (C=O) groups is 1. The molecular formula is C14H16N2O3. The zero-order chi connectivity index (χ0) is 14.0. The van der Waals surface area contributed by atoms with E-state index in [1.165, 1.54) is 0 Å². The van der Waals surface area contributed by atoms with Gasteiger partial charge in [-0.2, -0.15) is 5.10 Å². The van der Waals surface area contributed by atoms with Gasteiger partial charge < -0.3 is 9.84 Å². The van der Waals surface area contributed by atoms with E-state index in [1.807, 2.05) is 26.0 Å². The second kappa shape index (κ2) is 5.14. The van der Waals surface area contributed by atoms with Crippen LogP contribution >= 0.6 is 0 Å². The molecule has 0 saturated heterocycles. The fraction of sp³-hybridized carbons (Fsp3) is 0.286. The van der Waals surface area contributed by atoms with Crippen LogP contribution in [0.25, 0.3) is 11.3 Å². The highest BCUT2D eigenvalue weighted by atomic mass is 16.5. The molecule has 0 spiro atoms. The Morgan fingerprint density at radius 3 is 2.79 bits per heavy atom. The Morgan fingerprint density at radius 1 is 1.42 bits per heavy atom. The molecule has 1 aromatic heterocycles. The van der Waals surface area contributed by atoms with E-state index in [-0.39, 0.29) is 6.42 Å². The zero-order valence-electron chi connectivity index (χ0n) is 11.2. The Labute approximate surface area is 111 Å². The van der Waals surface area contributed by atoms with Crippen LogP contribution in [0.5, 0.6) is 5.75 Å². The Bertz CT molecular complexity index is 617. The lowest BCUT2D eigenvalue weighted by molar-refractivity contribution is -0.136. The van der Waals surface area contributed by atoms with E-state index in [9.17, 15) is 4.79 Å². The lowest BCUT2D eigenvalue weighted by Gasteiger charge is -2.12. The van der Waals surface area contributed by atoms with E-state index >= 15 is 0 Å². The van der Waals surface area contributed by atoms with Gasteiger partial charge in [-0.1, -0.05) is 6.07 Å². The number of H-pyrrole nitrogens is 1. The molecule has 0 saturated carbocycles. The first kappa shape index (κ1) is 13.1. The lowest BCUT2D eigenvalue weighted by atomic mass is 10.00. The first-order valence-corrected chi connectivity index (χ1v) is 5.92. The van der Waals surface area contributed by atoms with Crippen LogP contribution in [-0.4, -0.2) is 28.4 Å². The smallest absolute Gasteiger partial charge is 0.307 e. The van der Waals surface area contributed by atoms with Gasteiger partial charge in [-0.3, -0.25) is 9.89 Å². The standard InChI is InChI=1S/C14H16N2O3/c1-8-4-9(2)14(19-3)11(5-8)13-10(6-12(17)18)7-15-16-13/h4-5,7H,6H2,1-3H3,(H,15,16)(H,17,18). The van der Waals surface area contributed by atoms with Crippen molar-refractivity contribution in [3.05, 3.63) is 35.0 Å². The number of aromatic nitrogens is 2. The highest BCUT2D eigenvalue weighted by Gasteiger charge is 2.16. The Hall–Kier alpha value is -2.30. The van der Waals surface area contributed by atoms with Gasteiger partial charge in [0.1, 0.15) is 5.75 Å². The molecule has 5 heteroatoms. The van der Waals surface area contributed by atoms with E-state index in [2.05, 4.69) is 10.2 Å². The van der Waals surface area contributed by atoms with Gasteiger partial charge in [0.2, 0.25) is 0 Å². The lowest BCUT2D eigenvalue weighted by Crippen LogP contribution is -2.01. The van der Waals surface area contributed by atoms with E-state index in [4.69, 9.17) is 9.84 Å². The van der Waals surface area contributed by atoms with E-state index in [1.54, 1.807) is 13.3 Å². The van der Waals surface area contributed by atoms with Crippen molar-refractivity contribution in [2.45, 2.75) is 20.3 Å². The van der Waals surface area contributed by atoms with Crippen LogP contribution in [-0.2, 0) is 11.2 Å². The van der Waals surface area contributed by atoms with Gasteiger partial charge in [-0.15, -0.1) is 0 Å². The van der Waals surface area contributed by atoms with Gasteiger partial charge in [0.05, 0.1) is 25.4 Å². The summed E-state index contributed by atoms with van der Waals surface area (Å²) in [6, 6.07) is 3.99. The molecule has 2 aromatic rings. The number of aliphatic carboxylic acids is 1. The molecule has 0 radical (unpaired) electrons. The molecule has 0 aliphatic rings. The zero-order valence-corrected chi connectivity index (χ0v) is 11.2. The fourth-order valence-electron chi connectivity index (χ4n) is 2.25. The van der Waals surface area contributed by atoms with Gasteiger partial charge in [0.25, 0.3) is 0 Å². The number of ether oxygens (including phenoxy) is 1. The molecule has 0 unspecified atom stereocenters. The molecule has 0 aliphatic heterocycles. The topological polar surface area (TPSA) is 75.2 Å². The van der Waals surface area contributed by atoms with Crippen LogP contribution in [0.1, 0.15) is 16.7 Å². The summed E-state index contributed by atoms with van der Waals surface area (Å²) in [6.45, 7) is 3.95. The van der Waals surface area contributed by atoms with Crippen molar-refractivity contribution < 1.29 is 14.6 Å². The minimum atomic E-state index is -0.883. The Kier molecular flexibility index (Phi) is 3.55. The minimum Gasteiger partial charge on any atom is -0.496 e.